The van der Waals surface area contributed by atoms with Gasteiger partial charge in [0, 0.05) is 31.3 Å². The average Bonchev–Trinajstić information content (AvgIpc) is 3.03. The van der Waals surface area contributed by atoms with E-state index in [1.807, 2.05) is 31.2 Å². The number of piperidine rings is 1. The molecule has 2 atom stereocenters. The van der Waals surface area contributed by atoms with E-state index in [2.05, 4.69) is 18.7 Å². The lowest BCUT2D eigenvalue weighted by molar-refractivity contribution is -0.120. The first-order valence-corrected chi connectivity index (χ1v) is 11.0. The molecule has 0 radical (unpaired) electrons. The zero-order valence-corrected chi connectivity index (χ0v) is 19.3. The monoisotopic (exact) mass is 434 g/mol. The Morgan fingerprint density at radius 1 is 0.844 bits per heavy atom. The highest BCUT2D eigenvalue weighted by molar-refractivity contribution is 6.45. The normalized spacial score (nSPS) is 21.4. The Balaban J connectivity index is 1.84. The summed E-state index contributed by atoms with van der Waals surface area (Å²) in [6.07, 6.45) is 1.11. The van der Waals surface area contributed by atoms with E-state index in [0.29, 0.717) is 40.3 Å². The molecule has 0 saturated carbocycles. The van der Waals surface area contributed by atoms with Crippen molar-refractivity contribution < 1.29 is 19.1 Å². The van der Waals surface area contributed by atoms with Crippen LogP contribution in [0.1, 0.15) is 31.4 Å². The number of carbonyl (C=O) groups excluding carboxylic acids is 2. The Morgan fingerprint density at radius 3 is 1.94 bits per heavy atom. The van der Waals surface area contributed by atoms with Crippen molar-refractivity contribution in [3.63, 3.8) is 0 Å². The van der Waals surface area contributed by atoms with Gasteiger partial charge in [-0.2, -0.15) is 0 Å². The third-order valence-electron chi connectivity index (χ3n) is 6.18. The summed E-state index contributed by atoms with van der Waals surface area (Å²) >= 11 is 0. The number of ether oxygens (including phenoxy) is 2. The van der Waals surface area contributed by atoms with Crippen LogP contribution in [0.25, 0.3) is 5.57 Å². The molecule has 2 aromatic carbocycles. The third kappa shape index (κ3) is 3.97. The maximum atomic E-state index is 13.8. The standard InChI is InChI=1S/C26H30N2O4/c1-16-6-8-19(9-7-16)23-24(27-14-17(2)10-18(3)15-27)26(30)28(25(23)29)20-11-21(31-4)13-22(12-20)32-5/h6-9,11-13,17-18H,10,14-15H2,1-5H3. The van der Waals surface area contributed by atoms with E-state index in [-0.39, 0.29) is 11.8 Å². The van der Waals surface area contributed by atoms with E-state index in [9.17, 15) is 9.59 Å². The van der Waals surface area contributed by atoms with Gasteiger partial charge < -0.3 is 14.4 Å². The van der Waals surface area contributed by atoms with Gasteiger partial charge in [0.2, 0.25) is 0 Å². The number of imide groups is 1. The second-order valence-electron chi connectivity index (χ2n) is 8.96. The maximum absolute atomic E-state index is 13.8. The second-order valence-corrected chi connectivity index (χ2v) is 8.96. The molecule has 2 heterocycles. The van der Waals surface area contributed by atoms with Crippen molar-refractivity contribution in [3.8, 4) is 11.5 Å². The lowest BCUT2D eigenvalue weighted by atomic mass is 9.91. The van der Waals surface area contributed by atoms with Crippen molar-refractivity contribution in [1.29, 1.82) is 0 Å². The minimum Gasteiger partial charge on any atom is -0.497 e. The molecule has 1 saturated heterocycles. The number of benzene rings is 2. The van der Waals surface area contributed by atoms with Crippen LogP contribution in [0.2, 0.25) is 0 Å². The van der Waals surface area contributed by atoms with E-state index < -0.39 is 0 Å². The summed E-state index contributed by atoms with van der Waals surface area (Å²) in [5.41, 5.74) is 3.24. The summed E-state index contributed by atoms with van der Waals surface area (Å²) in [6, 6.07) is 12.9. The molecule has 0 aliphatic carbocycles. The van der Waals surface area contributed by atoms with Crippen molar-refractivity contribution in [2.75, 3.05) is 32.2 Å². The highest BCUT2D eigenvalue weighted by atomic mass is 16.5. The number of carbonyl (C=O) groups is 2. The van der Waals surface area contributed by atoms with Gasteiger partial charge in [-0.25, -0.2) is 4.90 Å². The van der Waals surface area contributed by atoms with E-state index in [4.69, 9.17) is 9.47 Å². The van der Waals surface area contributed by atoms with Gasteiger partial charge in [-0.1, -0.05) is 43.7 Å². The van der Waals surface area contributed by atoms with Crippen molar-refractivity contribution in [2.24, 2.45) is 11.8 Å². The van der Waals surface area contributed by atoms with E-state index in [1.165, 1.54) is 4.90 Å². The number of rotatable bonds is 5. The molecule has 4 rings (SSSR count). The Bertz CT molecular complexity index is 1040. The Hall–Kier alpha value is -3.28. The van der Waals surface area contributed by atoms with Gasteiger partial charge in [0.25, 0.3) is 11.8 Å². The second kappa shape index (κ2) is 8.69. The predicted octanol–water partition coefficient (Wildman–Crippen LogP) is 4.27. The predicted molar refractivity (Wildman–Crippen MR) is 125 cm³/mol. The van der Waals surface area contributed by atoms with Crippen LogP contribution in [0.3, 0.4) is 0 Å². The van der Waals surface area contributed by atoms with Gasteiger partial charge in [-0.15, -0.1) is 0 Å². The number of hydrogen-bond acceptors (Lipinski definition) is 5. The van der Waals surface area contributed by atoms with Crippen LogP contribution in [-0.4, -0.2) is 44.0 Å². The summed E-state index contributed by atoms with van der Waals surface area (Å²) < 4.78 is 10.7. The summed E-state index contributed by atoms with van der Waals surface area (Å²) in [5, 5.41) is 0. The molecule has 2 aromatic rings. The lowest BCUT2D eigenvalue weighted by Gasteiger charge is -2.37. The van der Waals surface area contributed by atoms with Crippen molar-refractivity contribution >= 4 is 23.1 Å². The Kier molecular flexibility index (Phi) is 5.96. The quantitative estimate of drug-likeness (QED) is 0.658. The van der Waals surface area contributed by atoms with Crippen molar-refractivity contribution in [3.05, 3.63) is 59.3 Å². The van der Waals surface area contributed by atoms with Gasteiger partial charge in [0.15, 0.2) is 0 Å². The smallest absolute Gasteiger partial charge is 0.282 e. The molecule has 168 valence electrons. The van der Waals surface area contributed by atoms with Gasteiger partial charge in [-0.05, 0) is 30.7 Å². The molecule has 0 bridgehead atoms. The molecule has 1 fully saturated rings. The van der Waals surface area contributed by atoms with Gasteiger partial charge >= 0.3 is 0 Å². The number of anilines is 1. The van der Waals surface area contributed by atoms with Crippen LogP contribution < -0.4 is 14.4 Å². The van der Waals surface area contributed by atoms with Crippen LogP contribution in [0.15, 0.2) is 48.2 Å². The molecule has 2 amide bonds. The fourth-order valence-corrected chi connectivity index (χ4v) is 4.79. The number of likely N-dealkylation sites (tertiary alicyclic amines) is 1. The molecule has 0 spiro atoms. The fraction of sp³-hybridized carbons (Fsp3) is 0.385. The molecule has 32 heavy (non-hydrogen) atoms. The minimum atomic E-state index is -0.324. The molecule has 2 aliphatic heterocycles. The first-order valence-electron chi connectivity index (χ1n) is 11.0. The maximum Gasteiger partial charge on any atom is 0.282 e. The first-order chi connectivity index (χ1) is 15.3. The molecule has 2 unspecified atom stereocenters. The topological polar surface area (TPSA) is 59.1 Å². The van der Waals surface area contributed by atoms with Crippen LogP contribution in [0, 0.1) is 18.8 Å². The van der Waals surface area contributed by atoms with Crippen molar-refractivity contribution in [2.45, 2.75) is 27.2 Å². The molecular weight excluding hydrogens is 404 g/mol. The minimum absolute atomic E-state index is 0.304. The average molecular weight is 435 g/mol. The Labute approximate surface area is 189 Å². The number of nitrogens with zero attached hydrogens (tertiary/aromatic N) is 2. The molecule has 6 nitrogen and oxygen atoms in total. The highest BCUT2D eigenvalue weighted by Crippen LogP contribution is 2.39. The van der Waals surface area contributed by atoms with Gasteiger partial charge in [-0.3, -0.25) is 9.59 Å². The largest absolute Gasteiger partial charge is 0.497 e. The number of amides is 2. The molecule has 2 aliphatic rings. The zero-order valence-electron chi connectivity index (χ0n) is 19.3. The van der Waals surface area contributed by atoms with Crippen LogP contribution in [0.5, 0.6) is 11.5 Å². The summed E-state index contributed by atoms with van der Waals surface area (Å²) in [7, 11) is 3.09. The molecule has 6 heteroatoms. The van der Waals surface area contributed by atoms with Gasteiger partial charge in [0.1, 0.15) is 17.2 Å². The zero-order chi connectivity index (χ0) is 23.0. The van der Waals surface area contributed by atoms with Crippen molar-refractivity contribution in [1.82, 2.24) is 4.90 Å². The number of methoxy groups -OCH3 is 2. The van der Waals surface area contributed by atoms with E-state index >= 15 is 0 Å². The fourth-order valence-electron chi connectivity index (χ4n) is 4.79. The summed E-state index contributed by atoms with van der Waals surface area (Å²) in [4.78, 5) is 30.9. The lowest BCUT2D eigenvalue weighted by Crippen LogP contribution is -2.42. The van der Waals surface area contributed by atoms with E-state index in [1.54, 1.807) is 32.4 Å². The SMILES string of the molecule is COc1cc(OC)cc(N2C(=O)C(c3ccc(C)cc3)=C(N3CC(C)CC(C)C3)C2=O)c1. The van der Waals surface area contributed by atoms with Crippen LogP contribution >= 0.6 is 0 Å². The third-order valence-corrected chi connectivity index (χ3v) is 6.18. The molecule has 0 N–H and O–H groups in total. The van der Waals surface area contributed by atoms with Crippen LogP contribution in [0.4, 0.5) is 5.69 Å². The van der Waals surface area contributed by atoms with Crippen LogP contribution in [-0.2, 0) is 9.59 Å². The Morgan fingerprint density at radius 2 is 1.41 bits per heavy atom. The summed E-state index contributed by atoms with van der Waals surface area (Å²) in [6.45, 7) is 7.90. The molecule has 0 aromatic heterocycles. The van der Waals surface area contributed by atoms with Gasteiger partial charge in [0.05, 0.1) is 25.5 Å². The van der Waals surface area contributed by atoms with E-state index in [0.717, 1.165) is 30.6 Å². The number of aryl methyl sites for hydroxylation is 1. The summed E-state index contributed by atoms with van der Waals surface area (Å²) in [5.74, 6) is 1.30. The highest BCUT2D eigenvalue weighted by Gasteiger charge is 2.44. The molecular formula is C26H30N2O4. The first kappa shape index (κ1) is 21.9. The number of hydrogen-bond donors (Lipinski definition) is 0.